The van der Waals surface area contributed by atoms with Crippen molar-refractivity contribution in [2.24, 2.45) is 0 Å². The lowest BCUT2D eigenvalue weighted by Crippen LogP contribution is -2.29. The van der Waals surface area contributed by atoms with Crippen LogP contribution in [0.15, 0.2) is 24.3 Å². The molecule has 0 saturated carbocycles. The van der Waals surface area contributed by atoms with Gasteiger partial charge in [-0.3, -0.25) is 9.59 Å². The number of fused-ring (bicyclic) bond motifs is 1. The number of thiophene rings is 1. The zero-order chi connectivity index (χ0) is 19.9. The highest BCUT2D eigenvalue weighted by Crippen LogP contribution is 2.38. The van der Waals surface area contributed by atoms with Gasteiger partial charge in [0.25, 0.3) is 11.8 Å². The molecule has 7 heteroatoms. The minimum Gasteiger partial charge on any atom is -0.484 e. The molecule has 6 nitrogen and oxygen atoms in total. The topological polar surface area (TPSA) is 76.7 Å². The van der Waals surface area contributed by atoms with Crippen molar-refractivity contribution in [2.75, 3.05) is 32.2 Å². The maximum Gasteiger partial charge on any atom is 0.262 e. The van der Waals surface area contributed by atoms with Crippen molar-refractivity contribution >= 4 is 28.2 Å². The van der Waals surface area contributed by atoms with Crippen LogP contribution in [0.5, 0.6) is 5.75 Å². The third-order valence-electron chi connectivity index (χ3n) is 4.63. The van der Waals surface area contributed by atoms with Crippen molar-refractivity contribution in [1.82, 2.24) is 5.32 Å². The molecule has 0 radical (unpaired) electrons. The van der Waals surface area contributed by atoms with Crippen LogP contribution >= 0.6 is 11.3 Å². The Hall–Kier alpha value is -2.38. The average Bonchev–Trinajstić information content (AvgIpc) is 3.05. The van der Waals surface area contributed by atoms with Gasteiger partial charge in [0, 0.05) is 18.5 Å². The first-order chi connectivity index (χ1) is 13.6. The van der Waals surface area contributed by atoms with Crippen molar-refractivity contribution in [3.05, 3.63) is 45.8 Å². The van der Waals surface area contributed by atoms with Gasteiger partial charge < -0.3 is 20.1 Å². The van der Waals surface area contributed by atoms with E-state index in [4.69, 9.17) is 9.47 Å². The number of nitrogens with one attached hydrogen (secondary N) is 2. The van der Waals surface area contributed by atoms with Crippen LogP contribution in [0.1, 0.15) is 39.2 Å². The number of carbonyl (C=O) groups is 2. The van der Waals surface area contributed by atoms with Gasteiger partial charge in [-0.2, -0.15) is 0 Å². The summed E-state index contributed by atoms with van der Waals surface area (Å²) in [6.45, 7) is 2.78. The molecule has 0 aliphatic heterocycles. The molecular weight excluding hydrogens is 376 g/mol. The van der Waals surface area contributed by atoms with Gasteiger partial charge in [-0.05, 0) is 50.3 Å². The molecule has 0 fully saturated rings. The quantitative estimate of drug-likeness (QED) is 0.664. The van der Waals surface area contributed by atoms with E-state index in [1.165, 1.54) is 16.2 Å². The van der Waals surface area contributed by atoms with Gasteiger partial charge in [-0.25, -0.2) is 0 Å². The van der Waals surface area contributed by atoms with Gasteiger partial charge in [-0.1, -0.05) is 17.7 Å². The summed E-state index contributed by atoms with van der Waals surface area (Å²) < 4.78 is 10.6. The molecule has 1 aliphatic carbocycles. The van der Waals surface area contributed by atoms with Crippen LogP contribution < -0.4 is 15.4 Å². The maximum absolute atomic E-state index is 12.7. The average molecular weight is 403 g/mol. The van der Waals surface area contributed by atoms with Crippen LogP contribution in [-0.2, 0) is 22.4 Å². The molecule has 3 rings (SSSR count). The van der Waals surface area contributed by atoms with Gasteiger partial charge in [0.05, 0.1) is 12.2 Å². The minimum atomic E-state index is -0.273. The van der Waals surface area contributed by atoms with E-state index in [9.17, 15) is 9.59 Å². The van der Waals surface area contributed by atoms with Crippen LogP contribution in [0.4, 0.5) is 5.00 Å². The van der Waals surface area contributed by atoms with E-state index >= 15 is 0 Å². The monoisotopic (exact) mass is 402 g/mol. The van der Waals surface area contributed by atoms with Crippen LogP contribution in [0.2, 0.25) is 0 Å². The Labute approximate surface area is 169 Å². The number of methoxy groups -OCH3 is 1. The summed E-state index contributed by atoms with van der Waals surface area (Å²) >= 11 is 1.50. The summed E-state index contributed by atoms with van der Waals surface area (Å²) in [5.41, 5.74) is 2.80. The summed E-state index contributed by atoms with van der Waals surface area (Å²) in [4.78, 5) is 26.3. The van der Waals surface area contributed by atoms with Gasteiger partial charge in [0.1, 0.15) is 10.8 Å². The molecule has 0 spiro atoms. The van der Waals surface area contributed by atoms with Gasteiger partial charge in [0.2, 0.25) is 0 Å². The Bertz CT molecular complexity index is 830. The maximum atomic E-state index is 12.7. The van der Waals surface area contributed by atoms with E-state index in [2.05, 4.69) is 10.6 Å². The second-order valence-corrected chi connectivity index (χ2v) is 7.92. The predicted octanol–water partition coefficient (Wildman–Crippen LogP) is 3.33. The molecule has 2 amide bonds. The number of benzene rings is 1. The first kappa shape index (κ1) is 20.4. The molecule has 0 atom stereocenters. The third kappa shape index (κ3) is 5.11. The van der Waals surface area contributed by atoms with E-state index in [0.717, 1.165) is 36.8 Å². The van der Waals surface area contributed by atoms with Crippen molar-refractivity contribution in [3.63, 3.8) is 0 Å². The molecule has 2 N–H and O–H groups in total. The van der Waals surface area contributed by atoms with Gasteiger partial charge in [0.15, 0.2) is 6.61 Å². The summed E-state index contributed by atoms with van der Waals surface area (Å²) in [5, 5.41) is 6.37. The fourth-order valence-corrected chi connectivity index (χ4v) is 4.50. The Balaban J connectivity index is 1.69. The zero-order valence-corrected chi connectivity index (χ0v) is 17.1. The molecule has 150 valence electrons. The number of carbonyl (C=O) groups excluding carboxylic acids is 2. The predicted molar refractivity (Wildman–Crippen MR) is 110 cm³/mol. The van der Waals surface area contributed by atoms with Gasteiger partial charge in [-0.15, -0.1) is 11.3 Å². The molecule has 1 aromatic carbocycles. The summed E-state index contributed by atoms with van der Waals surface area (Å²) in [7, 11) is 1.60. The molecule has 0 saturated heterocycles. The largest absolute Gasteiger partial charge is 0.484 e. The number of aryl methyl sites for hydroxylation is 2. The standard InChI is InChI=1S/C21H26N2O4S/c1-14-7-9-15(10-8-14)27-13-18(24)23-21-19(20(25)22-11-12-26-2)16-5-3-4-6-17(16)28-21/h7-10H,3-6,11-13H2,1-2H3,(H,22,25)(H,23,24). The van der Waals surface area contributed by atoms with E-state index in [1.54, 1.807) is 7.11 Å². The van der Waals surface area contributed by atoms with Crippen LogP contribution in [-0.4, -0.2) is 38.7 Å². The number of amides is 2. The van der Waals surface area contributed by atoms with Crippen molar-refractivity contribution < 1.29 is 19.1 Å². The Morgan fingerprint density at radius 2 is 1.89 bits per heavy atom. The number of hydrogen-bond donors (Lipinski definition) is 2. The first-order valence-electron chi connectivity index (χ1n) is 9.49. The molecule has 0 bridgehead atoms. The number of ether oxygens (including phenoxy) is 2. The van der Waals surface area contributed by atoms with E-state index < -0.39 is 0 Å². The van der Waals surface area contributed by atoms with E-state index in [-0.39, 0.29) is 18.4 Å². The molecule has 2 aromatic rings. The third-order valence-corrected chi connectivity index (χ3v) is 5.84. The molecular formula is C21H26N2O4S. The first-order valence-corrected chi connectivity index (χ1v) is 10.3. The second kappa shape index (κ2) is 9.71. The lowest BCUT2D eigenvalue weighted by Gasteiger charge is -2.13. The number of anilines is 1. The number of rotatable bonds is 8. The van der Waals surface area contributed by atoms with Crippen molar-refractivity contribution in [1.29, 1.82) is 0 Å². The summed E-state index contributed by atoms with van der Waals surface area (Å²) in [6, 6.07) is 7.54. The Morgan fingerprint density at radius 3 is 2.64 bits per heavy atom. The SMILES string of the molecule is COCCNC(=O)c1c(NC(=O)COc2ccc(C)cc2)sc2c1CCCC2. The van der Waals surface area contributed by atoms with Gasteiger partial charge >= 0.3 is 0 Å². The minimum absolute atomic E-state index is 0.101. The Kier molecular flexibility index (Phi) is 7.06. The summed E-state index contributed by atoms with van der Waals surface area (Å²) in [6.07, 6.45) is 4.00. The fraction of sp³-hybridized carbons (Fsp3) is 0.429. The highest BCUT2D eigenvalue weighted by Gasteiger charge is 2.26. The van der Waals surface area contributed by atoms with Crippen LogP contribution in [0.3, 0.4) is 0 Å². The Morgan fingerprint density at radius 1 is 1.14 bits per heavy atom. The highest BCUT2D eigenvalue weighted by molar-refractivity contribution is 7.17. The summed E-state index contributed by atoms with van der Waals surface area (Å²) in [5.74, 6) is 0.208. The molecule has 1 aliphatic rings. The van der Waals surface area contributed by atoms with Crippen LogP contribution in [0, 0.1) is 6.92 Å². The van der Waals surface area contributed by atoms with Crippen molar-refractivity contribution in [3.8, 4) is 5.75 Å². The molecule has 0 unspecified atom stereocenters. The fourth-order valence-electron chi connectivity index (χ4n) is 3.20. The lowest BCUT2D eigenvalue weighted by molar-refractivity contribution is -0.118. The highest BCUT2D eigenvalue weighted by atomic mass is 32.1. The molecule has 1 aromatic heterocycles. The van der Waals surface area contributed by atoms with E-state index in [0.29, 0.717) is 29.5 Å². The normalized spacial score (nSPS) is 12.9. The lowest BCUT2D eigenvalue weighted by atomic mass is 9.95. The number of hydrogen-bond acceptors (Lipinski definition) is 5. The second-order valence-electron chi connectivity index (χ2n) is 6.81. The smallest absolute Gasteiger partial charge is 0.262 e. The zero-order valence-electron chi connectivity index (χ0n) is 16.3. The molecule has 28 heavy (non-hydrogen) atoms. The van der Waals surface area contributed by atoms with Crippen LogP contribution in [0.25, 0.3) is 0 Å². The molecule has 1 heterocycles. The van der Waals surface area contributed by atoms with Crippen molar-refractivity contribution in [2.45, 2.75) is 32.6 Å². The van der Waals surface area contributed by atoms with E-state index in [1.807, 2.05) is 31.2 Å².